The van der Waals surface area contributed by atoms with Crippen LogP contribution in [0.3, 0.4) is 0 Å². The quantitative estimate of drug-likeness (QED) is 0.743. The summed E-state index contributed by atoms with van der Waals surface area (Å²) in [6, 6.07) is -0.109. The number of fused-ring (bicyclic) bond motifs is 1. The number of carbonyl (C=O) groups excluding carboxylic acids is 1. The third-order valence-electron chi connectivity index (χ3n) is 5.07. The highest BCUT2D eigenvalue weighted by molar-refractivity contribution is 5.74. The van der Waals surface area contributed by atoms with Crippen LogP contribution in [-0.2, 0) is 19.4 Å². The Morgan fingerprint density at radius 2 is 2.32 bits per heavy atom. The van der Waals surface area contributed by atoms with Gasteiger partial charge in [-0.05, 0) is 19.3 Å². The second-order valence-electron chi connectivity index (χ2n) is 6.69. The fourth-order valence-corrected chi connectivity index (χ4v) is 3.56. The standard InChI is InChI=1S/C15H25N5O2/c1-15(10-21)7-2-4-11(15)17-14(22)16-8-6-13-19-18-12-5-3-9-20(12)13/h11,21H,2-10H2,1H3,(H2,16,17,22). The Balaban J connectivity index is 1.45. The third kappa shape index (κ3) is 2.95. The first-order chi connectivity index (χ1) is 10.6. The first-order valence-electron chi connectivity index (χ1n) is 8.18. The van der Waals surface area contributed by atoms with Crippen LogP contribution in [-0.4, -0.2) is 45.1 Å². The van der Waals surface area contributed by atoms with Crippen LogP contribution >= 0.6 is 0 Å². The zero-order valence-corrected chi connectivity index (χ0v) is 13.1. The topological polar surface area (TPSA) is 92.1 Å². The first kappa shape index (κ1) is 15.3. The number of aliphatic hydroxyl groups is 1. The van der Waals surface area contributed by atoms with E-state index in [1.807, 2.05) is 6.92 Å². The van der Waals surface area contributed by atoms with Crippen molar-refractivity contribution in [2.24, 2.45) is 5.41 Å². The van der Waals surface area contributed by atoms with E-state index in [-0.39, 0.29) is 24.1 Å². The van der Waals surface area contributed by atoms with Gasteiger partial charge < -0.3 is 20.3 Å². The highest BCUT2D eigenvalue weighted by Crippen LogP contribution is 2.37. The molecule has 7 heteroatoms. The van der Waals surface area contributed by atoms with E-state index < -0.39 is 0 Å². The molecule has 3 rings (SSSR count). The fraction of sp³-hybridized carbons (Fsp3) is 0.800. The molecule has 2 aliphatic rings. The molecule has 3 N–H and O–H groups in total. The summed E-state index contributed by atoms with van der Waals surface area (Å²) in [5.41, 5.74) is -0.189. The van der Waals surface area contributed by atoms with Crippen LogP contribution in [0.5, 0.6) is 0 Å². The summed E-state index contributed by atoms with van der Waals surface area (Å²) in [6.45, 7) is 3.68. The SMILES string of the molecule is CC1(CO)CCCC1NC(=O)NCCc1nnc2n1CCC2. The van der Waals surface area contributed by atoms with Crippen molar-refractivity contribution in [3.05, 3.63) is 11.6 Å². The molecule has 1 saturated carbocycles. The van der Waals surface area contributed by atoms with Gasteiger partial charge in [0.05, 0.1) is 6.61 Å². The highest BCUT2D eigenvalue weighted by Gasteiger charge is 2.39. The summed E-state index contributed by atoms with van der Waals surface area (Å²) < 4.78 is 2.15. The minimum Gasteiger partial charge on any atom is -0.396 e. The first-order valence-corrected chi connectivity index (χ1v) is 8.18. The fourth-order valence-electron chi connectivity index (χ4n) is 3.56. The van der Waals surface area contributed by atoms with E-state index in [0.29, 0.717) is 13.0 Å². The number of hydrogen-bond acceptors (Lipinski definition) is 4. The number of carbonyl (C=O) groups is 1. The van der Waals surface area contributed by atoms with Crippen molar-refractivity contribution in [3.63, 3.8) is 0 Å². The van der Waals surface area contributed by atoms with Crippen molar-refractivity contribution in [2.75, 3.05) is 13.2 Å². The zero-order valence-electron chi connectivity index (χ0n) is 13.1. The number of rotatable bonds is 5. The minimum atomic E-state index is -0.189. The monoisotopic (exact) mass is 307 g/mol. The largest absolute Gasteiger partial charge is 0.396 e. The van der Waals surface area contributed by atoms with Gasteiger partial charge in [-0.3, -0.25) is 0 Å². The van der Waals surface area contributed by atoms with Gasteiger partial charge in [0.1, 0.15) is 11.6 Å². The Morgan fingerprint density at radius 1 is 1.45 bits per heavy atom. The maximum atomic E-state index is 12.0. The second kappa shape index (κ2) is 6.24. The van der Waals surface area contributed by atoms with Gasteiger partial charge in [0.15, 0.2) is 0 Å². The number of hydrogen-bond donors (Lipinski definition) is 3. The lowest BCUT2D eigenvalue weighted by atomic mass is 9.86. The Labute approximate surface area is 130 Å². The van der Waals surface area contributed by atoms with E-state index in [0.717, 1.165) is 50.3 Å². The van der Waals surface area contributed by atoms with Crippen molar-refractivity contribution in [1.29, 1.82) is 0 Å². The smallest absolute Gasteiger partial charge is 0.315 e. The number of aromatic nitrogens is 3. The summed E-state index contributed by atoms with van der Waals surface area (Å²) in [5, 5.41) is 23.7. The molecule has 2 unspecified atom stereocenters. The molecule has 0 saturated heterocycles. The number of nitrogens with one attached hydrogen (secondary N) is 2. The molecule has 0 spiro atoms. The minimum absolute atomic E-state index is 0.0508. The molecular weight excluding hydrogens is 282 g/mol. The normalized spacial score (nSPS) is 26.9. The van der Waals surface area contributed by atoms with Crippen molar-refractivity contribution in [2.45, 2.75) is 58.0 Å². The van der Waals surface area contributed by atoms with Crippen LogP contribution in [0, 0.1) is 5.41 Å². The lowest BCUT2D eigenvalue weighted by Gasteiger charge is -2.30. The van der Waals surface area contributed by atoms with Gasteiger partial charge in [-0.15, -0.1) is 10.2 Å². The Bertz CT molecular complexity index is 544. The predicted molar refractivity (Wildman–Crippen MR) is 81.4 cm³/mol. The van der Waals surface area contributed by atoms with E-state index in [4.69, 9.17) is 0 Å². The lowest BCUT2D eigenvalue weighted by molar-refractivity contribution is 0.121. The molecule has 122 valence electrons. The molecule has 2 heterocycles. The third-order valence-corrected chi connectivity index (χ3v) is 5.07. The van der Waals surface area contributed by atoms with E-state index in [1.165, 1.54) is 0 Å². The molecule has 22 heavy (non-hydrogen) atoms. The van der Waals surface area contributed by atoms with Crippen LogP contribution in [0.4, 0.5) is 4.79 Å². The number of urea groups is 1. The van der Waals surface area contributed by atoms with Gasteiger partial charge in [0.2, 0.25) is 0 Å². The Kier molecular flexibility index (Phi) is 4.33. The van der Waals surface area contributed by atoms with Gasteiger partial charge >= 0.3 is 6.03 Å². The number of aryl methyl sites for hydroxylation is 1. The molecule has 1 aromatic rings. The average Bonchev–Trinajstić information content (AvgIpc) is 3.18. The van der Waals surface area contributed by atoms with Crippen LogP contribution in [0.15, 0.2) is 0 Å². The Hall–Kier alpha value is -1.63. The summed E-state index contributed by atoms with van der Waals surface area (Å²) in [4.78, 5) is 12.0. The summed E-state index contributed by atoms with van der Waals surface area (Å²) in [5.74, 6) is 2.01. The lowest BCUT2D eigenvalue weighted by Crippen LogP contribution is -2.49. The summed E-state index contributed by atoms with van der Waals surface area (Å²) in [6.07, 6.45) is 5.77. The van der Waals surface area contributed by atoms with Crippen LogP contribution < -0.4 is 10.6 Å². The van der Waals surface area contributed by atoms with Gasteiger partial charge in [-0.1, -0.05) is 13.3 Å². The van der Waals surface area contributed by atoms with Crippen LogP contribution in [0.25, 0.3) is 0 Å². The average molecular weight is 307 g/mol. The maximum absolute atomic E-state index is 12.0. The second-order valence-corrected chi connectivity index (χ2v) is 6.69. The van der Waals surface area contributed by atoms with E-state index >= 15 is 0 Å². The highest BCUT2D eigenvalue weighted by atomic mass is 16.3. The van der Waals surface area contributed by atoms with Crippen molar-refractivity contribution in [1.82, 2.24) is 25.4 Å². The molecule has 1 aromatic heterocycles. The van der Waals surface area contributed by atoms with Gasteiger partial charge in [-0.25, -0.2) is 4.79 Å². The van der Waals surface area contributed by atoms with Crippen LogP contribution in [0.2, 0.25) is 0 Å². The molecule has 1 fully saturated rings. The number of amides is 2. The van der Waals surface area contributed by atoms with Crippen molar-refractivity contribution >= 4 is 6.03 Å². The van der Waals surface area contributed by atoms with E-state index in [1.54, 1.807) is 0 Å². The van der Waals surface area contributed by atoms with Crippen molar-refractivity contribution < 1.29 is 9.90 Å². The molecule has 0 bridgehead atoms. The maximum Gasteiger partial charge on any atom is 0.315 e. The number of nitrogens with zero attached hydrogens (tertiary/aromatic N) is 3. The predicted octanol–water partition coefficient (Wildman–Crippen LogP) is 0.617. The molecule has 1 aliphatic carbocycles. The van der Waals surface area contributed by atoms with E-state index in [9.17, 15) is 9.90 Å². The number of aliphatic hydroxyl groups excluding tert-OH is 1. The van der Waals surface area contributed by atoms with Gasteiger partial charge in [0.25, 0.3) is 0 Å². The van der Waals surface area contributed by atoms with Gasteiger partial charge in [0, 0.05) is 37.4 Å². The molecule has 1 aliphatic heterocycles. The van der Waals surface area contributed by atoms with Crippen LogP contribution in [0.1, 0.15) is 44.3 Å². The molecule has 2 atom stereocenters. The molecule has 2 amide bonds. The molecule has 0 radical (unpaired) electrons. The summed E-state index contributed by atoms with van der Waals surface area (Å²) in [7, 11) is 0. The van der Waals surface area contributed by atoms with E-state index in [2.05, 4.69) is 25.4 Å². The zero-order chi connectivity index (χ0) is 15.6. The molecular formula is C15H25N5O2. The Morgan fingerprint density at radius 3 is 3.14 bits per heavy atom. The molecule has 7 nitrogen and oxygen atoms in total. The summed E-state index contributed by atoms with van der Waals surface area (Å²) >= 11 is 0. The molecule has 0 aromatic carbocycles. The van der Waals surface area contributed by atoms with Crippen molar-refractivity contribution in [3.8, 4) is 0 Å². The van der Waals surface area contributed by atoms with Gasteiger partial charge in [-0.2, -0.15) is 0 Å².